The summed E-state index contributed by atoms with van der Waals surface area (Å²) in [5.41, 5.74) is 2.04. The molecule has 1 aliphatic carbocycles. The Morgan fingerprint density at radius 3 is 2.62 bits per heavy atom. The van der Waals surface area contributed by atoms with Gasteiger partial charge in [0.15, 0.2) is 5.78 Å². The number of fused-ring (bicyclic) bond motifs is 1. The SMILES string of the molecule is C=C1CC(=O)[C@@H](O)CC(=O)C[C@H](C(=C)C)CCC2=C[C@@H](C1)OC2=O. The Kier molecular flexibility index (Phi) is 5.89. The minimum atomic E-state index is -1.31. The van der Waals surface area contributed by atoms with E-state index in [1.165, 1.54) is 0 Å². The molecule has 0 amide bonds. The first-order valence-electron chi connectivity index (χ1n) is 8.22. The van der Waals surface area contributed by atoms with Crippen LogP contribution >= 0.6 is 0 Å². The van der Waals surface area contributed by atoms with Crippen LogP contribution in [0, 0.1) is 5.92 Å². The highest BCUT2D eigenvalue weighted by molar-refractivity contribution is 5.92. The summed E-state index contributed by atoms with van der Waals surface area (Å²) < 4.78 is 5.29. The van der Waals surface area contributed by atoms with E-state index in [-0.39, 0.29) is 36.9 Å². The molecule has 0 unspecified atom stereocenters. The van der Waals surface area contributed by atoms with Crippen LogP contribution in [0.1, 0.15) is 45.4 Å². The first-order chi connectivity index (χ1) is 11.3. The molecule has 1 heterocycles. The van der Waals surface area contributed by atoms with E-state index in [0.29, 0.717) is 30.4 Å². The van der Waals surface area contributed by atoms with Crippen LogP contribution in [0.5, 0.6) is 0 Å². The molecule has 0 aromatic carbocycles. The molecule has 130 valence electrons. The van der Waals surface area contributed by atoms with Crippen molar-refractivity contribution in [3.63, 3.8) is 0 Å². The summed E-state index contributed by atoms with van der Waals surface area (Å²) in [6.07, 6.45) is 1.56. The zero-order valence-electron chi connectivity index (χ0n) is 14.0. The first-order valence-corrected chi connectivity index (χ1v) is 8.22. The van der Waals surface area contributed by atoms with Gasteiger partial charge in [-0.1, -0.05) is 24.3 Å². The van der Waals surface area contributed by atoms with E-state index in [4.69, 9.17) is 4.74 Å². The van der Waals surface area contributed by atoms with E-state index in [1.54, 1.807) is 6.08 Å². The van der Waals surface area contributed by atoms with Crippen molar-refractivity contribution in [1.82, 2.24) is 0 Å². The molecule has 1 N–H and O–H groups in total. The van der Waals surface area contributed by atoms with Crippen molar-refractivity contribution >= 4 is 17.5 Å². The predicted octanol–water partition coefficient (Wildman–Crippen LogP) is 2.44. The Bertz CT molecular complexity index is 613. The van der Waals surface area contributed by atoms with Gasteiger partial charge in [-0.05, 0) is 31.8 Å². The molecule has 2 rings (SSSR count). The summed E-state index contributed by atoms with van der Waals surface area (Å²) in [5.74, 6) is -1.02. The Balaban J connectivity index is 2.20. The van der Waals surface area contributed by atoms with Gasteiger partial charge < -0.3 is 9.84 Å². The Labute approximate surface area is 142 Å². The van der Waals surface area contributed by atoms with Crippen LogP contribution in [0.25, 0.3) is 0 Å². The number of esters is 1. The van der Waals surface area contributed by atoms with Crippen molar-refractivity contribution in [2.45, 2.75) is 57.7 Å². The third-order valence-corrected chi connectivity index (χ3v) is 4.55. The molecular weight excluding hydrogens is 308 g/mol. The number of hydrogen-bond donors (Lipinski definition) is 1. The summed E-state index contributed by atoms with van der Waals surface area (Å²) in [7, 11) is 0. The molecule has 2 aliphatic rings. The van der Waals surface area contributed by atoms with Gasteiger partial charge in [0.1, 0.15) is 18.0 Å². The quantitative estimate of drug-likeness (QED) is 0.589. The molecule has 0 aromatic rings. The first kappa shape index (κ1) is 18.3. The Morgan fingerprint density at radius 2 is 1.96 bits per heavy atom. The van der Waals surface area contributed by atoms with Gasteiger partial charge in [0.05, 0.1) is 0 Å². The topological polar surface area (TPSA) is 80.7 Å². The molecular formula is C19H24O5. The lowest BCUT2D eigenvalue weighted by molar-refractivity contribution is -0.139. The number of ether oxygens (including phenoxy) is 1. The van der Waals surface area contributed by atoms with Crippen molar-refractivity contribution in [3.05, 3.63) is 36.0 Å². The maximum absolute atomic E-state index is 12.1. The van der Waals surface area contributed by atoms with Gasteiger partial charge in [-0.3, -0.25) is 9.59 Å². The molecule has 24 heavy (non-hydrogen) atoms. The van der Waals surface area contributed by atoms with Crippen LogP contribution in [-0.4, -0.2) is 34.9 Å². The van der Waals surface area contributed by atoms with Crippen molar-refractivity contribution in [3.8, 4) is 0 Å². The average Bonchev–Trinajstić information content (AvgIpc) is 2.81. The largest absolute Gasteiger partial charge is 0.454 e. The van der Waals surface area contributed by atoms with Gasteiger partial charge in [-0.15, -0.1) is 0 Å². The number of Topliss-reactive ketones (excluding diaryl/α,β-unsaturated/α-hetero) is 2. The number of allylic oxidation sites excluding steroid dienone is 1. The van der Waals surface area contributed by atoms with Crippen LogP contribution < -0.4 is 0 Å². The van der Waals surface area contributed by atoms with E-state index < -0.39 is 18.0 Å². The highest BCUT2D eigenvalue weighted by atomic mass is 16.5. The summed E-state index contributed by atoms with van der Waals surface area (Å²) in [5, 5.41) is 9.94. The van der Waals surface area contributed by atoms with Gasteiger partial charge in [0.25, 0.3) is 0 Å². The second-order valence-corrected chi connectivity index (χ2v) is 6.78. The zero-order valence-corrected chi connectivity index (χ0v) is 14.0. The third-order valence-electron chi connectivity index (χ3n) is 4.55. The van der Waals surface area contributed by atoms with Gasteiger partial charge in [-0.25, -0.2) is 4.79 Å². The molecule has 3 atom stereocenters. The fourth-order valence-corrected chi connectivity index (χ4v) is 3.09. The second kappa shape index (κ2) is 7.71. The monoisotopic (exact) mass is 332 g/mol. The number of hydrogen-bond acceptors (Lipinski definition) is 5. The van der Waals surface area contributed by atoms with E-state index in [1.807, 2.05) is 6.92 Å². The molecule has 0 spiro atoms. The summed E-state index contributed by atoms with van der Waals surface area (Å²) in [4.78, 5) is 36.1. The molecule has 0 fully saturated rings. The van der Waals surface area contributed by atoms with E-state index in [2.05, 4.69) is 13.2 Å². The third kappa shape index (κ3) is 4.74. The predicted molar refractivity (Wildman–Crippen MR) is 89.1 cm³/mol. The average molecular weight is 332 g/mol. The number of carbonyl (C=O) groups excluding carboxylic acids is 3. The van der Waals surface area contributed by atoms with Crippen molar-refractivity contribution < 1.29 is 24.2 Å². The highest BCUT2D eigenvalue weighted by Gasteiger charge is 2.29. The van der Waals surface area contributed by atoms with Gasteiger partial charge in [-0.2, -0.15) is 0 Å². The van der Waals surface area contributed by atoms with Crippen LogP contribution in [0.3, 0.4) is 0 Å². The van der Waals surface area contributed by atoms with Crippen LogP contribution in [0.2, 0.25) is 0 Å². The lowest BCUT2D eigenvalue weighted by Crippen LogP contribution is -2.25. The minimum absolute atomic E-state index is 0.0183. The van der Waals surface area contributed by atoms with Crippen molar-refractivity contribution in [2.24, 2.45) is 5.92 Å². The zero-order chi connectivity index (χ0) is 17.9. The molecule has 0 aromatic heterocycles. The molecule has 5 nitrogen and oxygen atoms in total. The lowest BCUT2D eigenvalue weighted by Gasteiger charge is -2.17. The van der Waals surface area contributed by atoms with Crippen LogP contribution in [0.4, 0.5) is 0 Å². The maximum Gasteiger partial charge on any atom is 0.334 e. The number of rotatable bonds is 1. The Morgan fingerprint density at radius 1 is 1.25 bits per heavy atom. The summed E-state index contributed by atoms with van der Waals surface area (Å²) in [6.45, 7) is 9.57. The maximum atomic E-state index is 12.1. The molecule has 0 radical (unpaired) electrons. The summed E-state index contributed by atoms with van der Waals surface area (Å²) >= 11 is 0. The standard InChI is InChI=1S/C19H24O5/c1-11(2)13-4-5-14-9-16(24-19(14)23)6-12(3)7-17(21)18(22)10-15(20)8-13/h9,13,16,18,22H,1,3-8,10H2,2H3/t13-,16-,18+/m1/s1. The number of aliphatic hydroxyl groups is 1. The van der Waals surface area contributed by atoms with Crippen LogP contribution in [0.15, 0.2) is 36.0 Å². The van der Waals surface area contributed by atoms with Gasteiger partial charge >= 0.3 is 5.97 Å². The van der Waals surface area contributed by atoms with Gasteiger partial charge in [0.2, 0.25) is 0 Å². The lowest BCUT2D eigenvalue weighted by atomic mass is 9.87. The molecule has 0 saturated carbocycles. The summed E-state index contributed by atoms with van der Waals surface area (Å²) in [6, 6.07) is 0. The van der Waals surface area contributed by atoms with E-state index in [9.17, 15) is 19.5 Å². The molecule has 5 heteroatoms. The molecule has 0 saturated heterocycles. The smallest absolute Gasteiger partial charge is 0.334 e. The van der Waals surface area contributed by atoms with E-state index >= 15 is 0 Å². The normalized spacial score (nSPS) is 29.8. The fourth-order valence-electron chi connectivity index (χ4n) is 3.09. The fraction of sp³-hybridized carbons (Fsp3) is 0.526. The molecule has 2 bridgehead atoms. The molecule has 1 aliphatic heterocycles. The number of carbonyl (C=O) groups is 3. The van der Waals surface area contributed by atoms with Crippen molar-refractivity contribution in [2.75, 3.05) is 0 Å². The number of ketones is 2. The minimum Gasteiger partial charge on any atom is -0.454 e. The second-order valence-electron chi connectivity index (χ2n) is 6.78. The highest BCUT2D eigenvalue weighted by Crippen LogP contribution is 2.29. The van der Waals surface area contributed by atoms with Crippen molar-refractivity contribution in [1.29, 1.82) is 0 Å². The Hall–Kier alpha value is -2.01. The number of aliphatic hydroxyl groups excluding tert-OH is 1. The van der Waals surface area contributed by atoms with Crippen LogP contribution in [-0.2, 0) is 19.1 Å². The van der Waals surface area contributed by atoms with Gasteiger partial charge in [0, 0.05) is 31.3 Å². The van der Waals surface area contributed by atoms with E-state index in [0.717, 1.165) is 5.57 Å².